The molecule has 2 atom stereocenters. The highest BCUT2D eigenvalue weighted by atomic mass is 19.1. The minimum absolute atomic E-state index is 0.0956. The van der Waals surface area contributed by atoms with Gasteiger partial charge in [-0.2, -0.15) is 0 Å². The Hall–Kier alpha value is -3.18. The first-order valence-electron chi connectivity index (χ1n) is 13.1. The number of hydrogen-bond donors (Lipinski definition) is 0. The molecule has 1 aliphatic rings. The highest BCUT2D eigenvalue weighted by molar-refractivity contribution is 5.97. The Bertz CT molecular complexity index is 1160. The van der Waals surface area contributed by atoms with E-state index < -0.39 is 0 Å². The van der Waals surface area contributed by atoms with E-state index in [4.69, 9.17) is 0 Å². The first-order chi connectivity index (χ1) is 17.4. The second-order valence-corrected chi connectivity index (χ2v) is 9.85. The third-order valence-corrected chi connectivity index (χ3v) is 7.36. The predicted octanol–water partition coefficient (Wildman–Crippen LogP) is 6.00. The highest BCUT2D eigenvalue weighted by Gasteiger charge is 2.31. The summed E-state index contributed by atoms with van der Waals surface area (Å²) in [6, 6.07) is 24.0. The van der Waals surface area contributed by atoms with Crippen molar-refractivity contribution in [3.8, 4) is 0 Å². The molecule has 3 aromatic carbocycles. The lowest BCUT2D eigenvalue weighted by Gasteiger charge is -2.46. The molecule has 0 spiro atoms. The smallest absolute Gasteiger partial charge is 0.254 e. The van der Waals surface area contributed by atoms with E-state index in [0.29, 0.717) is 19.5 Å². The van der Waals surface area contributed by atoms with Gasteiger partial charge in [0.05, 0.1) is 0 Å². The molecule has 1 aliphatic heterocycles. The Labute approximate surface area is 215 Å². The van der Waals surface area contributed by atoms with Gasteiger partial charge < -0.3 is 9.80 Å². The minimum atomic E-state index is -0.188. The summed E-state index contributed by atoms with van der Waals surface area (Å²) in [5.41, 5.74) is 5.23. The quantitative estimate of drug-likeness (QED) is 0.390. The van der Waals surface area contributed by atoms with E-state index in [2.05, 4.69) is 54.0 Å². The van der Waals surface area contributed by atoms with E-state index in [1.165, 1.54) is 11.6 Å². The van der Waals surface area contributed by atoms with Gasteiger partial charge in [-0.05, 0) is 68.7 Å². The van der Waals surface area contributed by atoms with Gasteiger partial charge in [-0.3, -0.25) is 9.69 Å². The van der Waals surface area contributed by atoms with E-state index in [-0.39, 0.29) is 23.8 Å². The maximum Gasteiger partial charge on any atom is 0.254 e. The SMILES string of the molecule is CCN(CC)C(=O)c1cccc(N2C[C@@H](C)N(Cc3cccc(F)c3)C[C@@H]2C)c1Cc1ccccc1. The molecule has 0 bridgehead atoms. The van der Waals surface area contributed by atoms with Crippen LogP contribution in [0.4, 0.5) is 10.1 Å². The van der Waals surface area contributed by atoms with E-state index in [9.17, 15) is 9.18 Å². The third-order valence-electron chi connectivity index (χ3n) is 7.36. The normalized spacial score (nSPS) is 18.3. The van der Waals surface area contributed by atoms with Crippen LogP contribution in [0.25, 0.3) is 0 Å². The van der Waals surface area contributed by atoms with Crippen LogP contribution in [-0.2, 0) is 13.0 Å². The van der Waals surface area contributed by atoms with Gasteiger partial charge in [0.2, 0.25) is 0 Å². The lowest BCUT2D eigenvalue weighted by Crippen LogP contribution is -2.56. The molecule has 1 saturated heterocycles. The Balaban J connectivity index is 1.66. The van der Waals surface area contributed by atoms with Gasteiger partial charge in [-0.15, -0.1) is 0 Å². The average molecular weight is 488 g/mol. The van der Waals surface area contributed by atoms with Crippen molar-refractivity contribution >= 4 is 11.6 Å². The fraction of sp³-hybridized carbons (Fsp3) is 0.387. The zero-order valence-electron chi connectivity index (χ0n) is 22.0. The molecule has 36 heavy (non-hydrogen) atoms. The summed E-state index contributed by atoms with van der Waals surface area (Å²) in [7, 11) is 0. The van der Waals surface area contributed by atoms with E-state index >= 15 is 0 Å². The lowest BCUT2D eigenvalue weighted by atomic mass is 9.94. The standard InChI is InChI=1S/C31H38FN3O/c1-5-33(6-2)31(36)28-16-11-17-30(29(28)19-25-12-8-7-9-13-25)35-21-23(3)34(20-24(35)4)22-26-14-10-15-27(32)18-26/h7-18,23-24H,5-6,19-22H2,1-4H3/t23-,24+/m1/s1. The van der Waals surface area contributed by atoms with Crippen molar-refractivity contribution in [2.45, 2.75) is 52.7 Å². The highest BCUT2D eigenvalue weighted by Crippen LogP contribution is 2.32. The summed E-state index contributed by atoms with van der Waals surface area (Å²) in [6.45, 7) is 12.4. The lowest BCUT2D eigenvalue weighted by molar-refractivity contribution is 0.0772. The van der Waals surface area contributed by atoms with Gasteiger partial charge in [0.25, 0.3) is 5.91 Å². The molecular weight excluding hydrogens is 449 g/mol. The van der Waals surface area contributed by atoms with Crippen LogP contribution in [0.5, 0.6) is 0 Å². The monoisotopic (exact) mass is 487 g/mol. The number of benzene rings is 3. The Morgan fingerprint density at radius 3 is 2.28 bits per heavy atom. The molecule has 0 unspecified atom stereocenters. The average Bonchev–Trinajstić information content (AvgIpc) is 2.87. The zero-order chi connectivity index (χ0) is 25.7. The molecule has 0 N–H and O–H groups in total. The number of carbonyl (C=O) groups is 1. The fourth-order valence-corrected chi connectivity index (χ4v) is 5.33. The summed E-state index contributed by atoms with van der Waals surface area (Å²) in [4.78, 5) is 20.3. The molecule has 4 rings (SSSR count). The van der Waals surface area contributed by atoms with E-state index in [1.54, 1.807) is 12.1 Å². The van der Waals surface area contributed by atoms with Gasteiger partial charge in [-0.1, -0.05) is 48.5 Å². The van der Waals surface area contributed by atoms with Gasteiger partial charge in [-0.25, -0.2) is 4.39 Å². The molecule has 0 radical (unpaired) electrons. The number of rotatable bonds is 8. The van der Waals surface area contributed by atoms with E-state index in [0.717, 1.165) is 42.0 Å². The molecular formula is C31H38FN3O. The van der Waals surface area contributed by atoms with Crippen molar-refractivity contribution in [2.24, 2.45) is 0 Å². The fourth-order valence-electron chi connectivity index (χ4n) is 5.33. The molecule has 1 heterocycles. The number of amides is 1. The van der Waals surface area contributed by atoms with Crippen LogP contribution in [0.2, 0.25) is 0 Å². The maximum atomic E-state index is 13.8. The maximum absolute atomic E-state index is 13.8. The summed E-state index contributed by atoms with van der Waals surface area (Å²) < 4.78 is 13.8. The van der Waals surface area contributed by atoms with Gasteiger partial charge >= 0.3 is 0 Å². The number of hydrogen-bond acceptors (Lipinski definition) is 3. The molecule has 5 heteroatoms. The first kappa shape index (κ1) is 25.9. The number of nitrogens with zero attached hydrogens (tertiary/aromatic N) is 3. The Morgan fingerprint density at radius 1 is 0.889 bits per heavy atom. The molecule has 1 fully saturated rings. The molecule has 1 amide bonds. The second-order valence-electron chi connectivity index (χ2n) is 9.85. The van der Waals surface area contributed by atoms with Crippen LogP contribution >= 0.6 is 0 Å². The van der Waals surface area contributed by atoms with Crippen LogP contribution < -0.4 is 4.90 Å². The molecule has 190 valence electrons. The van der Waals surface area contributed by atoms with Crippen molar-refractivity contribution < 1.29 is 9.18 Å². The summed E-state index contributed by atoms with van der Waals surface area (Å²) >= 11 is 0. The van der Waals surface area contributed by atoms with Crippen LogP contribution in [-0.4, -0.2) is 54.0 Å². The Morgan fingerprint density at radius 2 is 1.58 bits per heavy atom. The number of halogens is 1. The van der Waals surface area contributed by atoms with Gasteiger partial charge in [0, 0.05) is 62.5 Å². The second kappa shape index (κ2) is 11.7. The largest absolute Gasteiger partial charge is 0.366 e. The summed E-state index contributed by atoms with van der Waals surface area (Å²) in [5.74, 6) is -0.0923. The predicted molar refractivity (Wildman–Crippen MR) is 146 cm³/mol. The molecule has 0 aromatic heterocycles. The number of piperazine rings is 1. The molecule has 3 aromatic rings. The molecule has 0 saturated carbocycles. The summed E-state index contributed by atoms with van der Waals surface area (Å²) in [6.07, 6.45) is 0.712. The van der Waals surface area contributed by atoms with Gasteiger partial charge in [0.15, 0.2) is 0 Å². The third kappa shape index (κ3) is 5.79. The number of carbonyl (C=O) groups excluding carboxylic acids is 1. The van der Waals surface area contributed by atoms with E-state index in [1.807, 2.05) is 43.0 Å². The van der Waals surface area contributed by atoms with Crippen molar-refractivity contribution in [1.29, 1.82) is 0 Å². The molecule has 4 nitrogen and oxygen atoms in total. The first-order valence-corrected chi connectivity index (χ1v) is 13.1. The minimum Gasteiger partial charge on any atom is -0.366 e. The van der Waals surface area contributed by atoms with Crippen LogP contribution in [0.3, 0.4) is 0 Å². The van der Waals surface area contributed by atoms with Crippen LogP contribution in [0, 0.1) is 5.82 Å². The Kier molecular flexibility index (Phi) is 8.42. The van der Waals surface area contributed by atoms with Crippen LogP contribution in [0.15, 0.2) is 72.8 Å². The van der Waals surface area contributed by atoms with Crippen molar-refractivity contribution in [2.75, 3.05) is 31.1 Å². The van der Waals surface area contributed by atoms with Crippen molar-refractivity contribution in [1.82, 2.24) is 9.80 Å². The number of anilines is 1. The topological polar surface area (TPSA) is 26.8 Å². The van der Waals surface area contributed by atoms with Crippen LogP contribution in [0.1, 0.15) is 54.7 Å². The van der Waals surface area contributed by atoms with Gasteiger partial charge in [0.1, 0.15) is 5.82 Å². The van der Waals surface area contributed by atoms with Crippen molar-refractivity contribution in [3.63, 3.8) is 0 Å². The molecule has 0 aliphatic carbocycles. The van der Waals surface area contributed by atoms with Crippen molar-refractivity contribution in [3.05, 3.63) is 101 Å². The summed E-state index contributed by atoms with van der Waals surface area (Å²) in [5, 5.41) is 0. The zero-order valence-corrected chi connectivity index (χ0v) is 22.0.